The molecule has 4 nitrogen and oxygen atoms in total. The van der Waals surface area contributed by atoms with Crippen molar-refractivity contribution in [2.45, 2.75) is 13.3 Å². The summed E-state index contributed by atoms with van der Waals surface area (Å²) in [5, 5.41) is 2.61. The van der Waals surface area contributed by atoms with Crippen LogP contribution < -0.4 is 5.32 Å². The fourth-order valence-corrected chi connectivity index (χ4v) is 2.00. The molecule has 0 heterocycles. The number of hydrogen-bond acceptors (Lipinski definition) is 3. The van der Waals surface area contributed by atoms with E-state index in [1.807, 2.05) is 19.1 Å². The molecule has 0 aromatic heterocycles. The molecule has 1 N–H and O–H groups in total. The highest BCUT2D eigenvalue weighted by Crippen LogP contribution is 2.15. The van der Waals surface area contributed by atoms with Crippen LogP contribution in [0.5, 0.6) is 0 Å². The first-order valence-electron chi connectivity index (χ1n) is 7.01. The second-order valence-electron chi connectivity index (χ2n) is 4.76. The van der Waals surface area contributed by atoms with Gasteiger partial charge in [-0.2, -0.15) is 0 Å². The molecule has 1 amide bonds. The van der Waals surface area contributed by atoms with Crippen LogP contribution in [-0.2, 0) is 16.0 Å². The summed E-state index contributed by atoms with van der Waals surface area (Å²) in [6.07, 6.45) is 0.727. The Labute approximate surface area is 132 Å². The molecular weight excluding hydrogens is 304 g/mol. The van der Waals surface area contributed by atoms with E-state index in [-0.39, 0.29) is 0 Å². The van der Waals surface area contributed by atoms with Crippen molar-refractivity contribution >= 4 is 17.6 Å². The van der Waals surface area contributed by atoms with Crippen LogP contribution >= 0.6 is 0 Å². The third-order valence-corrected chi connectivity index (χ3v) is 3.16. The average molecular weight is 319 g/mol. The SMILES string of the molecule is CCc1ccccc1NC(=O)COC(=O)c1cc(F)ccc1F. The number of rotatable bonds is 5. The summed E-state index contributed by atoms with van der Waals surface area (Å²) in [5.41, 5.74) is 1.00. The zero-order chi connectivity index (χ0) is 16.8. The van der Waals surface area contributed by atoms with Gasteiger partial charge in [0, 0.05) is 5.69 Å². The lowest BCUT2D eigenvalue weighted by Gasteiger charge is -2.10. The number of amides is 1. The van der Waals surface area contributed by atoms with Gasteiger partial charge in [0.15, 0.2) is 6.61 Å². The van der Waals surface area contributed by atoms with Gasteiger partial charge in [-0.3, -0.25) is 4.79 Å². The molecule has 0 radical (unpaired) electrons. The molecule has 0 bridgehead atoms. The lowest BCUT2D eigenvalue weighted by molar-refractivity contribution is -0.119. The zero-order valence-electron chi connectivity index (χ0n) is 12.4. The van der Waals surface area contributed by atoms with Gasteiger partial charge in [0.1, 0.15) is 11.6 Å². The number of anilines is 1. The minimum absolute atomic E-state index is 0.549. The lowest BCUT2D eigenvalue weighted by Crippen LogP contribution is -2.22. The van der Waals surface area contributed by atoms with Crippen molar-refractivity contribution in [3.8, 4) is 0 Å². The number of halogens is 2. The standard InChI is InChI=1S/C17H15F2NO3/c1-2-11-5-3-4-6-15(11)20-16(21)10-23-17(22)13-9-12(18)7-8-14(13)19/h3-9H,2,10H2,1H3,(H,20,21). The second kappa shape index (κ2) is 7.49. The molecule has 0 unspecified atom stereocenters. The van der Waals surface area contributed by atoms with E-state index in [0.717, 1.165) is 30.2 Å². The smallest absolute Gasteiger partial charge is 0.341 e. The van der Waals surface area contributed by atoms with Crippen LogP contribution in [0.25, 0.3) is 0 Å². The van der Waals surface area contributed by atoms with Gasteiger partial charge in [-0.05, 0) is 36.2 Å². The van der Waals surface area contributed by atoms with E-state index in [4.69, 9.17) is 4.74 Å². The Morgan fingerprint density at radius 1 is 1.13 bits per heavy atom. The van der Waals surface area contributed by atoms with Crippen molar-refractivity contribution in [2.24, 2.45) is 0 Å². The molecule has 0 spiro atoms. The number of para-hydroxylation sites is 1. The van der Waals surface area contributed by atoms with Gasteiger partial charge in [0.2, 0.25) is 0 Å². The first-order chi connectivity index (χ1) is 11.0. The Morgan fingerprint density at radius 2 is 1.87 bits per heavy atom. The molecule has 0 saturated heterocycles. The quantitative estimate of drug-likeness (QED) is 0.860. The summed E-state index contributed by atoms with van der Waals surface area (Å²) >= 11 is 0. The number of aryl methyl sites for hydroxylation is 1. The summed E-state index contributed by atoms with van der Waals surface area (Å²) < 4.78 is 31.2. The average Bonchev–Trinajstić information content (AvgIpc) is 2.55. The third-order valence-electron chi connectivity index (χ3n) is 3.16. The van der Waals surface area contributed by atoms with Gasteiger partial charge in [0.05, 0.1) is 5.56 Å². The number of hydrogen-bond donors (Lipinski definition) is 1. The molecule has 0 aliphatic rings. The highest BCUT2D eigenvalue weighted by Gasteiger charge is 2.16. The molecule has 0 fully saturated rings. The number of nitrogens with one attached hydrogen (secondary N) is 1. The Bertz CT molecular complexity index is 732. The van der Waals surface area contributed by atoms with Crippen LogP contribution in [0, 0.1) is 11.6 Å². The molecule has 0 aliphatic heterocycles. The van der Waals surface area contributed by atoms with E-state index in [0.29, 0.717) is 5.69 Å². The van der Waals surface area contributed by atoms with Crippen LogP contribution in [0.3, 0.4) is 0 Å². The molecule has 120 valence electrons. The molecule has 2 aromatic rings. The van der Waals surface area contributed by atoms with Crippen molar-refractivity contribution < 1.29 is 23.1 Å². The number of esters is 1. The Balaban J connectivity index is 1.96. The van der Waals surface area contributed by atoms with Gasteiger partial charge in [0.25, 0.3) is 5.91 Å². The topological polar surface area (TPSA) is 55.4 Å². The van der Waals surface area contributed by atoms with Gasteiger partial charge in [-0.25, -0.2) is 13.6 Å². The number of ether oxygens (including phenoxy) is 1. The van der Waals surface area contributed by atoms with Crippen LogP contribution in [-0.4, -0.2) is 18.5 Å². The van der Waals surface area contributed by atoms with Crippen molar-refractivity contribution in [2.75, 3.05) is 11.9 Å². The Hall–Kier alpha value is -2.76. The van der Waals surface area contributed by atoms with Crippen molar-refractivity contribution in [3.05, 3.63) is 65.2 Å². The van der Waals surface area contributed by atoms with Crippen LogP contribution in [0.4, 0.5) is 14.5 Å². The van der Waals surface area contributed by atoms with E-state index in [2.05, 4.69) is 5.32 Å². The fraction of sp³-hybridized carbons (Fsp3) is 0.176. The summed E-state index contributed by atoms with van der Waals surface area (Å²) in [7, 11) is 0. The molecule has 0 aliphatic carbocycles. The van der Waals surface area contributed by atoms with Gasteiger partial charge >= 0.3 is 5.97 Å². The highest BCUT2D eigenvalue weighted by atomic mass is 19.1. The summed E-state index contributed by atoms with van der Waals surface area (Å²) in [6, 6.07) is 9.64. The zero-order valence-corrected chi connectivity index (χ0v) is 12.4. The fourth-order valence-electron chi connectivity index (χ4n) is 2.00. The molecule has 0 saturated carbocycles. The molecule has 2 rings (SSSR count). The molecular formula is C17H15F2NO3. The van der Waals surface area contributed by atoms with Crippen molar-refractivity contribution in [1.29, 1.82) is 0 Å². The van der Waals surface area contributed by atoms with E-state index in [9.17, 15) is 18.4 Å². The van der Waals surface area contributed by atoms with Crippen LogP contribution in [0.2, 0.25) is 0 Å². The maximum atomic E-state index is 13.4. The monoisotopic (exact) mass is 319 g/mol. The normalized spacial score (nSPS) is 10.2. The van der Waals surface area contributed by atoms with Gasteiger partial charge in [-0.15, -0.1) is 0 Å². The van der Waals surface area contributed by atoms with Crippen molar-refractivity contribution in [1.82, 2.24) is 0 Å². The molecule has 2 aromatic carbocycles. The Morgan fingerprint density at radius 3 is 2.61 bits per heavy atom. The van der Waals surface area contributed by atoms with E-state index in [1.165, 1.54) is 0 Å². The minimum Gasteiger partial charge on any atom is -0.452 e. The van der Waals surface area contributed by atoms with E-state index in [1.54, 1.807) is 12.1 Å². The first kappa shape index (κ1) is 16.6. The van der Waals surface area contributed by atoms with Crippen LogP contribution in [0.1, 0.15) is 22.8 Å². The summed E-state index contributed by atoms with van der Waals surface area (Å²) in [4.78, 5) is 23.5. The summed E-state index contributed by atoms with van der Waals surface area (Å²) in [5.74, 6) is -3.33. The Kier molecular flexibility index (Phi) is 5.41. The molecule has 0 atom stereocenters. The maximum absolute atomic E-state index is 13.4. The number of carbonyl (C=O) groups is 2. The number of benzene rings is 2. The molecule has 6 heteroatoms. The van der Waals surface area contributed by atoms with E-state index < -0.39 is 35.7 Å². The second-order valence-corrected chi connectivity index (χ2v) is 4.76. The first-order valence-corrected chi connectivity index (χ1v) is 7.01. The van der Waals surface area contributed by atoms with E-state index >= 15 is 0 Å². The highest BCUT2D eigenvalue weighted by molar-refractivity contribution is 5.96. The predicted octanol–water partition coefficient (Wildman–Crippen LogP) is 3.32. The lowest BCUT2D eigenvalue weighted by atomic mass is 10.1. The summed E-state index contributed by atoms with van der Waals surface area (Å²) in [6.45, 7) is 1.35. The maximum Gasteiger partial charge on any atom is 0.341 e. The number of carbonyl (C=O) groups excluding carboxylic acids is 2. The van der Waals surface area contributed by atoms with Gasteiger partial charge < -0.3 is 10.1 Å². The van der Waals surface area contributed by atoms with Crippen molar-refractivity contribution in [3.63, 3.8) is 0 Å². The largest absolute Gasteiger partial charge is 0.452 e. The van der Waals surface area contributed by atoms with Gasteiger partial charge in [-0.1, -0.05) is 25.1 Å². The predicted molar refractivity (Wildman–Crippen MR) is 81.1 cm³/mol. The van der Waals surface area contributed by atoms with Crippen LogP contribution in [0.15, 0.2) is 42.5 Å². The molecule has 23 heavy (non-hydrogen) atoms. The third kappa shape index (κ3) is 4.35. The minimum atomic E-state index is -1.10.